The number of carboxylic acid groups (broad SMARTS) is 1. The molecule has 3 aliphatic rings. The number of H-pyrrole nitrogens is 1. The van der Waals surface area contributed by atoms with Gasteiger partial charge >= 0.3 is 5.97 Å². The van der Waals surface area contributed by atoms with Crippen molar-refractivity contribution in [2.75, 3.05) is 5.32 Å². The van der Waals surface area contributed by atoms with Crippen LogP contribution in [0.1, 0.15) is 25.7 Å². The summed E-state index contributed by atoms with van der Waals surface area (Å²) in [5.74, 6) is -0.828. The van der Waals surface area contributed by atoms with Crippen LogP contribution in [0.5, 0.6) is 0 Å². The second-order valence-electron chi connectivity index (χ2n) is 8.90. The average Bonchev–Trinajstić information content (AvgIpc) is 3.41. The zero-order valence-electron chi connectivity index (χ0n) is 16.9. The molecular weight excluding hydrogens is 395 g/mol. The number of carbonyl (C=O) groups is 1. The van der Waals surface area contributed by atoms with Gasteiger partial charge in [-0.15, -0.1) is 0 Å². The minimum atomic E-state index is -0.701. The number of aromatic nitrogens is 3. The van der Waals surface area contributed by atoms with Crippen LogP contribution in [0.2, 0.25) is 0 Å². The third-order valence-corrected chi connectivity index (χ3v) is 7.27. The van der Waals surface area contributed by atoms with Crippen molar-refractivity contribution in [2.45, 2.75) is 31.7 Å². The van der Waals surface area contributed by atoms with Gasteiger partial charge in [-0.3, -0.25) is 4.79 Å². The number of carboxylic acids is 1. The highest BCUT2D eigenvalue weighted by molar-refractivity contribution is 5.95. The van der Waals surface area contributed by atoms with E-state index in [1.807, 2.05) is 41.2 Å². The van der Waals surface area contributed by atoms with E-state index in [1.165, 1.54) is 12.3 Å². The first-order valence-electron chi connectivity index (χ1n) is 10.8. The van der Waals surface area contributed by atoms with Crippen LogP contribution in [-0.4, -0.2) is 31.5 Å². The van der Waals surface area contributed by atoms with E-state index in [-0.39, 0.29) is 23.7 Å². The quantitative estimate of drug-likeness (QED) is 0.439. The first kappa shape index (κ1) is 18.4. The minimum absolute atomic E-state index is 0.0824. The van der Waals surface area contributed by atoms with E-state index in [2.05, 4.69) is 15.3 Å². The van der Waals surface area contributed by atoms with Crippen LogP contribution in [-0.2, 0) is 4.79 Å². The zero-order valence-corrected chi connectivity index (χ0v) is 16.9. The zero-order chi connectivity index (χ0) is 21.1. The van der Waals surface area contributed by atoms with E-state index in [9.17, 15) is 14.3 Å². The van der Waals surface area contributed by atoms with E-state index >= 15 is 0 Å². The lowest BCUT2D eigenvalue weighted by Gasteiger charge is -2.47. The Morgan fingerprint density at radius 1 is 1.23 bits per heavy atom. The molecule has 158 valence electrons. The molecule has 7 heteroatoms. The molecule has 0 amide bonds. The number of pyridine rings is 2. The number of rotatable bonds is 4. The first-order chi connectivity index (χ1) is 15.1. The molecule has 0 saturated heterocycles. The number of hydrogen-bond acceptors (Lipinski definition) is 3. The summed E-state index contributed by atoms with van der Waals surface area (Å²) in [5, 5.41) is 14.3. The topological polar surface area (TPSA) is 82.4 Å². The summed E-state index contributed by atoms with van der Waals surface area (Å²) < 4.78 is 15.9. The van der Waals surface area contributed by atoms with Crippen molar-refractivity contribution in [3.8, 4) is 11.1 Å². The summed E-state index contributed by atoms with van der Waals surface area (Å²) in [6, 6.07) is 7.45. The molecule has 6 nitrogen and oxygen atoms in total. The lowest BCUT2D eigenvalue weighted by atomic mass is 9.61. The summed E-state index contributed by atoms with van der Waals surface area (Å²) in [5.41, 5.74) is 4.32. The first-order valence-corrected chi connectivity index (χ1v) is 10.8. The molecule has 0 spiro atoms. The van der Waals surface area contributed by atoms with E-state index < -0.39 is 5.97 Å². The van der Waals surface area contributed by atoms with Crippen LogP contribution < -0.4 is 5.32 Å². The number of hydrogen-bond donors (Lipinski definition) is 3. The van der Waals surface area contributed by atoms with Gasteiger partial charge in [0, 0.05) is 41.1 Å². The Hall–Kier alpha value is -3.35. The van der Waals surface area contributed by atoms with Gasteiger partial charge in [0.15, 0.2) is 0 Å². The van der Waals surface area contributed by atoms with Gasteiger partial charge in [-0.2, -0.15) is 0 Å². The Balaban J connectivity index is 1.46. The summed E-state index contributed by atoms with van der Waals surface area (Å²) in [4.78, 5) is 19.3. The highest BCUT2D eigenvalue weighted by atomic mass is 19.1. The Labute approximate surface area is 178 Å². The molecule has 4 heterocycles. The molecule has 3 fully saturated rings. The highest BCUT2D eigenvalue weighted by Crippen LogP contribution is 2.47. The largest absolute Gasteiger partial charge is 0.481 e. The van der Waals surface area contributed by atoms with Crippen LogP contribution in [0.15, 0.2) is 49.1 Å². The van der Waals surface area contributed by atoms with Crippen molar-refractivity contribution in [1.82, 2.24) is 14.4 Å². The van der Waals surface area contributed by atoms with Gasteiger partial charge in [0.05, 0.1) is 23.3 Å². The molecule has 31 heavy (non-hydrogen) atoms. The number of aromatic amines is 1. The Bertz CT molecular complexity index is 1300. The number of halogens is 1. The third kappa shape index (κ3) is 2.91. The Kier molecular flexibility index (Phi) is 4.06. The molecule has 2 bridgehead atoms. The van der Waals surface area contributed by atoms with E-state index in [1.54, 1.807) is 0 Å². The van der Waals surface area contributed by atoms with Crippen molar-refractivity contribution >= 4 is 28.2 Å². The fourth-order valence-electron chi connectivity index (χ4n) is 5.82. The molecule has 2 atom stereocenters. The second kappa shape index (κ2) is 6.83. The molecule has 4 aromatic heterocycles. The van der Waals surface area contributed by atoms with E-state index in [4.69, 9.17) is 0 Å². The lowest BCUT2D eigenvalue weighted by molar-refractivity contribution is -0.148. The third-order valence-electron chi connectivity index (χ3n) is 7.27. The molecule has 3 saturated carbocycles. The van der Waals surface area contributed by atoms with Gasteiger partial charge in [-0.05, 0) is 61.8 Å². The standard InChI is InChI=1S/C24H23FN4O2/c25-16-9-17-18(11-27-23(17)26-10-16)15-8-19(20-2-1-7-29(20)12-15)28-22-14-5-3-13(4-6-14)21(22)24(30)31/h1-2,7-14,21-22,28H,3-6H2,(H,26,27)(H,30,31)/t13?,14?,21-,22?/m0/s1. The Morgan fingerprint density at radius 2 is 2.03 bits per heavy atom. The van der Waals surface area contributed by atoms with Crippen molar-refractivity contribution in [1.29, 1.82) is 0 Å². The average molecular weight is 418 g/mol. The van der Waals surface area contributed by atoms with Crippen molar-refractivity contribution in [3.05, 3.63) is 54.9 Å². The van der Waals surface area contributed by atoms with Crippen LogP contribution in [0.25, 0.3) is 27.7 Å². The number of fused-ring (bicyclic) bond motifs is 5. The molecule has 1 unspecified atom stereocenters. The minimum Gasteiger partial charge on any atom is -0.481 e. The molecule has 0 aliphatic heterocycles. The van der Waals surface area contributed by atoms with Crippen molar-refractivity contribution < 1.29 is 14.3 Å². The fraction of sp³-hybridized carbons (Fsp3) is 0.333. The summed E-state index contributed by atoms with van der Waals surface area (Å²) >= 11 is 0. The predicted octanol–water partition coefficient (Wildman–Crippen LogP) is 4.92. The van der Waals surface area contributed by atoms with Gasteiger partial charge in [0.25, 0.3) is 0 Å². The lowest BCUT2D eigenvalue weighted by Crippen LogP contribution is -2.51. The summed E-state index contributed by atoms with van der Waals surface area (Å²) in [6.07, 6.45) is 11.2. The van der Waals surface area contributed by atoms with Crippen LogP contribution in [0, 0.1) is 23.6 Å². The molecular formula is C24H23FN4O2. The Morgan fingerprint density at radius 3 is 2.84 bits per heavy atom. The number of anilines is 1. The maximum absolute atomic E-state index is 13.9. The number of nitrogens with zero attached hydrogens (tertiary/aromatic N) is 2. The van der Waals surface area contributed by atoms with Gasteiger partial charge in [-0.25, -0.2) is 9.37 Å². The van der Waals surface area contributed by atoms with E-state index in [0.29, 0.717) is 11.6 Å². The molecule has 3 N–H and O–H groups in total. The summed E-state index contributed by atoms with van der Waals surface area (Å²) in [6.45, 7) is 0. The van der Waals surface area contributed by atoms with Crippen LogP contribution >= 0.6 is 0 Å². The SMILES string of the molecule is O=C(O)[C@H]1C2CCC(CC2)C1Nc1cc(-c2c[nH]c3ncc(F)cc23)cn2cccc12. The molecule has 4 aromatic rings. The maximum atomic E-state index is 13.9. The smallest absolute Gasteiger partial charge is 0.308 e. The van der Waals surface area contributed by atoms with E-state index in [0.717, 1.165) is 53.4 Å². The highest BCUT2D eigenvalue weighted by Gasteiger charge is 2.47. The molecule has 0 aromatic carbocycles. The predicted molar refractivity (Wildman–Crippen MR) is 116 cm³/mol. The monoisotopic (exact) mass is 418 g/mol. The van der Waals surface area contributed by atoms with Crippen molar-refractivity contribution in [3.63, 3.8) is 0 Å². The number of aliphatic carboxylic acids is 1. The van der Waals surface area contributed by atoms with Gasteiger partial charge in [-0.1, -0.05) is 0 Å². The second-order valence-corrected chi connectivity index (χ2v) is 8.90. The molecule has 3 aliphatic carbocycles. The fourth-order valence-corrected chi connectivity index (χ4v) is 5.82. The summed E-state index contributed by atoms with van der Waals surface area (Å²) in [7, 11) is 0. The van der Waals surface area contributed by atoms with Gasteiger partial charge < -0.3 is 19.8 Å². The molecule has 0 radical (unpaired) electrons. The maximum Gasteiger partial charge on any atom is 0.308 e. The normalized spacial score (nSPS) is 25.3. The number of nitrogens with one attached hydrogen (secondary N) is 2. The van der Waals surface area contributed by atoms with Crippen molar-refractivity contribution in [2.24, 2.45) is 17.8 Å². The van der Waals surface area contributed by atoms with Gasteiger partial charge in [0.1, 0.15) is 11.5 Å². The van der Waals surface area contributed by atoms with Crippen LogP contribution in [0.4, 0.5) is 10.1 Å². The molecule has 7 rings (SSSR count). The van der Waals surface area contributed by atoms with Gasteiger partial charge in [0.2, 0.25) is 0 Å². The van der Waals surface area contributed by atoms with Crippen LogP contribution in [0.3, 0.4) is 0 Å².